The summed E-state index contributed by atoms with van der Waals surface area (Å²) in [5.74, 6) is -0.431. The number of ether oxygens (including phenoxy) is 1. The Kier molecular flexibility index (Phi) is 6.08. The van der Waals surface area contributed by atoms with Gasteiger partial charge in [0.05, 0.1) is 22.4 Å². The highest BCUT2D eigenvalue weighted by atomic mass is 32.2. The van der Waals surface area contributed by atoms with Crippen molar-refractivity contribution < 1.29 is 9.53 Å². The van der Waals surface area contributed by atoms with Crippen LogP contribution < -0.4 is 14.9 Å². The lowest BCUT2D eigenvalue weighted by Crippen LogP contribution is -2.39. The summed E-state index contributed by atoms with van der Waals surface area (Å²) in [6, 6.07) is 11.4. The molecule has 3 heterocycles. The molecule has 1 aliphatic rings. The molecule has 0 fully saturated rings. The zero-order chi connectivity index (χ0) is 21.3. The lowest BCUT2D eigenvalue weighted by molar-refractivity contribution is -0.139. The third kappa shape index (κ3) is 3.82. The second-order valence-corrected chi connectivity index (χ2v) is 9.46. The summed E-state index contributed by atoms with van der Waals surface area (Å²) in [7, 11) is 0. The second kappa shape index (κ2) is 8.75. The number of thiophene rings is 1. The SMILES string of the molecule is CCOC(=O)C1=C(C)N=c2s/c(=C/c3ccc(SC)cc3)c(=O)n2C1c1cccs1. The number of rotatable bonds is 5. The Morgan fingerprint density at radius 3 is 2.70 bits per heavy atom. The first-order valence-corrected chi connectivity index (χ1v) is 12.3. The van der Waals surface area contributed by atoms with E-state index in [-0.39, 0.29) is 12.2 Å². The van der Waals surface area contributed by atoms with Gasteiger partial charge in [-0.15, -0.1) is 23.1 Å². The summed E-state index contributed by atoms with van der Waals surface area (Å²) in [6.45, 7) is 3.83. The zero-order valence-electron chi connectivity index (χ0n) is 16.7. The topological polar surface area (TPSA) is 60.7 Å². The number of aromatic nitrogens is 1. The Morgan fingerprint density at radius 2 is 2.07 bits per heavy atom. The van der Waals surface area contributed by atoms with E-state index in [2.05, 4.69) is 4.99 Å². The van der Waals surface area contributed by atoms with Crippen molar-refractivity contribution in [1.29, 1.82) is 0 Å². The molecule has 1 aromatic carbocycles. The van der Waals surface area contributed by atoms with Gasteiger partial charge in [-0.3, -0.25) is 9.36 Å². The van der Waals surface area contributed by atoms with E-state index in [1.165, 1.54) is 27.6 Å². The van der Waals surface area contributed by atoms with Gasteiger partial charge in [-0.05, 0) is 55.3 Å². The molecule has 8 heteroatoms. The predicted molar refractivity (Wildman–Crippen MR) is 123 cm³/mol. The molecule has 5 nitrogen and oxygen atoms in total. The number of thiazole rings is 1. The fourth-order valence-electron chi connectivity index (χ4n) is 3.36. The summed E-state index contributed by atoms with van der Waals surface area (Å²) >= 11 is 4.52. The standard InChI is InChI=1S/C22H20N2O3S3/c1-4-27-21(26)18-13(2)23-22-24(19(18)16-6-5-11-29-16)20(25)17(30-22)12-14-7-9-15(28-3)10-8-14/h5-12,19H,4H2,1-3H3/b17-12+. The second-order valence-electron chi connectivity index (χ2n) is 6.59. The van der Waals surface area contributed by atoms with Crippen molar-refractivity contribution in [3.63, 3.8) is 0 Å². The summed E-state index contributed by atoms with van der Waals surface area (Å²) in [5.41, 5.74) is 1.80. The van der Waals surface area contributed by atoms with Crippen LogP contribution in [0, 0.1) is 0 Å². The molecule has 0 bridgehead atoms. The van der Waals surface area contributed by atoms with Gasteiger partial charge in [0.15, 0.2) is 4.80 Å². The molecule has 1 atom stereocenters. The smallest absolute Gasteiger partial charge is 0.338 e. The summed E-state index contributed by atoms with van der Waals surface area (Å²) < 4.78 is 7.50. The Balaban J connectivity index is 1.90. The highest BCUT2D eigenvalue weighted by molar-refractivity contribution is 7.98. The monoisotopic (exact) mass is 456 g/mol. The fourth-order valence-corrected chi connectivity index (χ4v) is 5.64. The minimum atomic E-state index is -0.527. The largest absolute Gasteiger partial charge is 0.463 e. The number of carbonyl (C=O) groups is 1. The molecule has 154 valence electrons. The third-order valence-electron chi connectivity index (χ3n) is 4.74. The molecule has 1 aliphatic heterocycles. The van der Waals surface area contributed by atoms with E-state index in [4.69, 9.17) is 4.74 Å². The molecule has 0 amide bonds. The quantitative estimate of drug-likeness (QED) is 0.435. The van der Waals surface area contributed by atoms with Crippen LogP contribution in [0.25, 0.3) is 6.08 Å². The van der Waals surface area contributed by atoms with Crippen LogP contribution in [-0.4, -0.2) is 23.4 Å². The molecule has 0 N–H and O–H groups in total. The number of nitrogens with zero attached hydrogens (tertiary/aromatic N) is 2. The van der Waals surface area contributed by atoms with Crippen LogP contribution in [0.4, 0.5) is 0 Å². The summed E-state index contributed by atoms with van der Waals surface area (Å²) in [6.07, 6.45) is 3.91. The number of fused-ring (bicyclic) bond motifs is 1. The van der Waals surface area contributed by atoms with E-state index in [1.807, 2.05) is 54.1 Å². The van der Waals surface area contributed by atoms with E-state index in [9.17, 15) is 9.59 Å². The van der Waals surface area contributed by atoms with Crippen LogP contribution in [0.15, 0.2) is 67.7 Å². The van der Waals surface area contributed by atoms with Crippen molar-refractivity contribution >= 4 is 46.5 Å². The molecule has 0 saturated heterocycles. The highest BCUT2D eigenvalue weighted by Crippen LogP contribution is 2.33. The van der Waals surface area contributed by atoms with E-state index >= 15 is 0 Å². The number of thioether (sulfide) groups is 1. The van der Waals surface area contributed by atoms with Crippen molar-refractivity contribution in [2.75, 3.05) is 12.9 Å². The number of carbonyl (C=O) groups excluding carboxylic acids is 1. The Labute approximate surface area is 186 Å². The molecule has 0 saturated carbocycles. The van der Waals surface area contributed by atoms with Gasteiger partial charge >= 0.3 is 5.97 Å². The molecule has 1 unspecified atom stereocenters. The van der Waals surface area contributed by atoms with Gasteiger partial charge in [-0.2, -0.15) is 0 Å². The molecule has 2 aromatic heterocycles. The van der Waals surface area contributed by atoms with Crippen molar-refractivity contribution in [3.8, 4) is 0 Å². The third-order valence-corrected chi connectivity index (χ3v) is 7.39. The van der Waals surface area contributed by atoms with E-state index in [1.54, 1.807) is 30.2 Å². The molecule has 0 spiro atoms. The maximum atomic E-state index is 13.4. The Morgan fingerprint density at radius 1 is 1.30 bits per heavy atom. The normalized spacial score (nSPS) is 16.4. The molecule has 0 aliphatic carbocycles. The van der Waals surface area contributed by atoms with Gasteiger partial charge in [0.1, 0.15) is 6.04 Å². The molecule has 4 rings (SSSR count). The first-order valence-electron chi connectivity index (χ1n) is 9.40. The van der Waals surface area contributed by atoms with Gasteiger partial charge in [0.25, 0.3) is 5.56 Å². The lowest BCUT2D eigenvalue weighted by atomic mass is 10.0. The number of hydrogen-bond donors (Lipinski definition) is 0. The maximum absolute atomic E-state index is 13.4. The van der Waals surface area contributed by atoms with Crippen LogP contribution in [0.1, 0.15) is 30.3 Å². The van der Waals surface area contributed by atoms with E-state index in [0.717, 1.165) is 10.4 Å². The van der Waals surface area contributed by atoms with Gasteiger partial charge in [0.2, 0.25) is 0 Å². The Bertz CT molecular complexity index is 1280. The van der Waals surface area contributed by atoms with Crippen molar-refractivity contribution in [2.45, 2.75) is 24.8 Å². The minimum Gasteiger partial charge on any atom is -0.463 e. The van der Waals surface area contributed by atoms with Crippen LogP contribution in [-0.2, 0) is 9.53 Å². The number of benzene rings is 1. The number of esters is 1. The maximum Gasteiger partial charge on any atom is 0.338 e. The predicted octanol–water partition coefficient (Wildman–Crippen LogP) is 3.58. The van der Waals surface area contributed by atoms with Crippen LogP contribution in [0.2, 0.25) is 0 Å². The number of allylic oxidation sites excluding steroid dienone is 1. The highest BCUT2D eigenvalue weighted by Gasteiger charge is 2.33. The molecule has 30 heavy (non-hydrogen) atoms. The van der Waals surface area contributed by atoms with Crippen molar-refractivity contribution in [2.24, 2.45) is 4.99 Å². The average molecular weight is 457 g/mol. The van der Waals surface area contributed by atoms with Crippen molar-refractivity contribution in [1.82, 2.24) is 4.57 Å². The fraction of sp³-hybridized carbons (Fsp3) is 0.227. The van der Waals surface area contributed by atoms with E-state index in [0.29, 0.717) is 20.6 Å². The van der Waals surface area contributed by atoms with Crippen molar-refractivity contribution in [3.05, 3.63) is 83.2 Å². The molecule has 3 aromatic rings. The van der Waals surface area contributed by atoms with Crippen LogP contribution in [0.5, 0.6) is 0 Å². The molecular weight excluding hydrogens is 436 g/mol. The zero-order valence-corrected chi connectivity index (χ0v) is 19.2. The molecular formula is C22H20N2O3S3. The van der Waals surface area contributed by atoms with Gasteiger partial charge in [-0.1, -0.05) is 29.5 Å². The lowest BCUT2D eigenvalue weighted by Gasteiger charge is -2.23. The van der Waals surface area contributed by atoms with Gasteiger partial charge in [0, 0.05) is 9.77 Å². The van der Waals surface area contributed by atoms with E-state index < -0.39 is 12.0 Å². The summed E-state index contributed by atoms with van der Waals surface area (Å²) in [4.78, 5) is 33.4. The molecule has 0 radical (unpaired) electrons. The minimum absolute atomic E-state index is 0.152. The van der Waals surface area contributed by atoms with Gasteiger partial charge in [-0.25, -0.2) is 9.79 Å². The van der Waals surface area contributed by atoms with Crippen LogP contribution in [0.3, 0.4) is 0 Å². The van der Waals surface area contributed by atoms with Crippen LogP contribution >= 0.6 is 34.4 Å². The number of hydrogen-bond acceptors (Lipinski definition) is 7. The van der Waals surface area contributed by atoms with Gasteiger partial charge < -0.3 is 4.74 Å². The Hall–Kier alpha value is -2.42. The first kappa shape index (κ1) is 20.8. The first-order chi connectivity index (χ1) is 14.5. The average Bonchev–Trinajstić information content (AvgIpc) is 3.37. The summed E-state index contributed by atoms with van der Waals surface area (Å²) in [5, 5.41) is 1.94.